The van der Waals surface area contributed by atoms with Crippen molar-refractivity contribution in [2.24, 2.45) is 17.8 Å². The standard InChI is InChI=1S/C25H30ClN7O4/c1-12(2)33-18(8-9-27-33)24(35)29-22(21(14-4-5-14)15-6-7-15)25(36)28-20-11-17(32-37-20)13(3)16-10-19(26)30-31-23(16)34/h8-15,21-22H,4-7H2,1-3H3,(H,28,36)(H,29,35)(H,31,34). The summed E-state index contributed by atoms with van der Waals surface area (Å²) in [6.45, 7) is 5.67. The van der Waals surface area contributed by atoms with E-state index < -0.39 is 12.0 Å². The second-order valence-corrected chi connectivity index (χ2v) is 10.6. The predicted molar refractivity (Wildman–Crippen MR) is 135 cm³/mol. The molecule has 2 aliphatic carbocycles. The summed E-state index contributed by atoms with van der Waals surface area (Å²) in [6.07, 6.45) is 5.80. The van der Waals surface area contributed by atoms with Gasteiger partial charge in [-0.05, 0) is 69.4 Å². The highest BCUT2D eigenvalue weighted by atomic mass is 35.5. The molecule has 2 saturated carbocycles. The van der Waals surface area contributed by atoms with Crippen LogP contribution in [0.1, 0.15) is 80.2 Å². The summed E-state index contributed by atoms with van der Waals surface area (Å²) in [5.74, 6) is -0.125. The molecule has 2 aliphatic rings. The van der Waals surface area contributed by atoms with E-state index in [0.717, 1.165) is 25.7 Å². The molecule has 0 aromatic carbocycles. The van der Waals surface area contributed by atoms with Gasteiger partial charge in [-0.2, -0.15) is 10.2 Å². The zero-order valence-corrected chi connectivity index (χ0v) is 21.7. The van der Waals surface area contributed by atoms with E-state index in [1.807, 2.05) is 13.8 Å². The fourth-order valence-electron chi connectivity index (χ4n) is 4.98. The van der Waals surface area contributed by atoms with E-state index in [1.54, 1.807) is 29.9 Å². The van der Waals surface area contributed by atoms with Crippen molar-refractivity contribution in [1.29, 1.82) is 0 Å². The highest BCUT2D eigenvalue weighted by Gasteiger charge is 2.48. The van der Waals surface area contributed by atoms with E-state index in [1.165, 1.54) is 6.07 Å². The molecule has 5 rings (SSSR count). The summed E-state index contributed by atoms with van der Waals surface area (Å²) < 4.78 is 7.03. The highest BCUT2D eigenvalue weighted by molar-refractivity contribution is 6.29. The van der Waals surface area contributed by atoms with Crippen LogP contribution in [0.2, 0.25) is 5.15 Å². The molecule has 37 heavy (non-hydrogen) atoms. The topological polar surface area (TPSA) is 148 Å². The van der Waals surface area contributed by atoms with Gasteiger partial charge in [0.25, 0.3) is 11.5 Å². The first-order valence-corrected chi connectivity index (χ1v) is 13.0. The molecule has 0 saturated heterocycles. The van der Waals surface area contributed by atoms with E-state index in [-0.39, 0.29) is 40.4 Å². The van der Waals surface area contributed by atoms with Gasteiger partial charge >= 0.3 is 0 Å². The second-order valence-electron chi connectivity index (χ2n) is 10.3. The Labute approximate surface area is 218 Å². The smallest absolute Gasteiger partial charge is 0.270 e. The van der Waals surface area contributed by atoms with Crippen LogP contribution in [0.5, 0.6) is 0 Å². The Hall–Kier alpha value is -3.47. The molecule has 2 atom stereocenters. The van der Waals surface area contributed by atoms with Crippen LogP contribution in [0.4, 0.5) is 5.88 Å². The Balaban J connectivity index is 1.36. The average molecular weight is 528 g/mol. The van der Waals surface area contributed by atoms with Crippen molar-refractivity contribution in [2.75, 3.05) is 5.32 Å². The first-order valence-electron chi connectivity index (χ1n) is 12.6. The van der Waals surface area contributed by atoms with Gasteiger partial charge in [-0.1, -0.05) is 23.7 Å². The van der Waals surface area contributed by atoms with E-state index in [9.17, 15) is 14.4 Å². The maximum atomic E-state index is 13.6. The minimum Gasteiger partial charge on any atom is -0.339 e. The Morgan fingerprint density at radius 2 is 1.86 bits per heavy atom. The Kier molecular flexibility index (Phi) is 6.89. The normalized spacial score (nSPS) is 17.1. The average Bonchev–Trinajstić information content (AvgIpc) is 3.78. The molecule has 0 spiro atoms. The molecule has 0 bridgehead atoms. The molecule has 3 heterocycles. The number of anilines is 1. The number of aromatic nitrogens is 5. The predicted octanol–water partition coefficient (Wildman–Crippen LogP) is 3.51. The summed E-state index contributed by atoms with van der Waals surface area (Å²) in [6, 6.07) is 3.98. The number of carbonyl (C=O) groups excluding carboxylic acids is 2. The number of hydrogen-bond donors (Lipinski definition) is 3. The van der Waals surface area contributed by atoms with Gasteiger partial charge in [0.1, 0.15) is 16.9 Å². The zero-order chi connectivity index (χ0) is 26.3. The van der Waals surface area contributed by atoms with Crippen molar-refractivity contribution in [3.05, 3.63) is 56.9 Å². The van der Waals surface area contributed by atoms with E-state index in [2.05, 4.69) is 31.1 Å². The Bertz CT molecular complexity index is 1340. The van der Waals surface area contributed by atoms with Crippen LogP contribution >= 0.6 is 11.6 Å². The number of nitrogens with one attached hydrogen (secondary N) is 3. The van der Waals surface area contributed by atoms with Gasteiger partial charge in [-0.15, -0.1) is 0 Å². The summed E-state index contributed by atoms with van der Waals surface area (Å²) in [5.41, 5.74) is 0.854. The van der Waals surface area contributed by atoms with Crippen molar-refractivity contribution < 1.29 is 14.1 Å². The maximum Gasteiger partial charge on any atom is 0.270 e. The molecule has 2 amide bonds. The Morgan fingerprint density at radius 3 is 2.51 bits per heavy atom. The fourth-order valence-corrected chi connectivity index (χ4v) is 5.14. The van der Waals surface area contributed by atoms with Crippen LogP contribution in [0.3, 0.4) is 0 Å². The number of halogens is 1. The van der Waals surface area contributed by atoms with Crippen LogP contribution in [0, 0.1) is 17.8 Å². The number of H-pyrrole nitrogens is 1. The van der Waals surface area contributed by atoms with Gasteiger partial charge < -0.3 is 9.84 Å². The molecule has 2 fully saturated rings. The maximum absolute atomic E-state index is 13.6. The fraction of sp³-hybridized carbons (Fsp3) is 0.520. The van der Waals surface area contributed by atoms with Gasteiger partial charge in [0, 0.05) is 29.8 Å². The van der Waals surface area contributed by atoms with Crippen LogP contribution in [-0.4, -0.2) is 43.0 Å². The molecule has 12 heteroatoms. The number of rotatable bonds is 10. The molecular weight excluding hydrogens is 498 g/mol. The van der Waals surface area contributed by atoms with E-state index >= 15 is 0 Å². The van der Waals surface area contributed by atoms with Crippen molar-refractivity contribution in [3.8, 4) is 0 Å². The van der Waals surface area contributed by atoms with E-state index in [0.29, 0.717) is 28.8 Å². The van der Waals surface area contributed by atoms with Crippen molar-refractivity contribution >= 4 is 29.3 Å². The second kappa shape index (κ2) is 10.1. The zero-order valence-electron chi connectivity index (χ0n) is 20.9. The van der Waals surface area contributed by atoms with Crippen LogP contribution in [0.15, 0.2) is 33.7 Å². The third kappa shape index (κ3) is 5.46. The number of carbonyl (C=O) groups is 2. The van der Waals surface area contributed by atoms with Crippen LogP contribution in [-0.2, 0) is 4.79 Å². The summed E-state index contributed by atoms with van der Waals surface area (Å²) in [4.78, 5) is 39.0. The highest BCUT2D eigenvalue weighted by Crippen LogP contribution is 2.51. The quantitative estimate of drug-likeness (QED) is 0.365. The SMILES string of the molecule is CC(c1cc(NC(=O)C(NC(=O)c2ccnn2C(C)C)C(C2CC2)C2CC2)on1)c1cc(Cl)n[nH]c1=O. The Morgan fingerprint density at radius 1 is 1.16 bits per heavy atom. The lowest BCUT2D eigenvalue weighted by Gasteiger charge is -2.27. The number of amides is 2. The first-order chi connectivity index (χ1) is 17.7. The lowest BCUT2D eigenvalue weighted by molar-refractivity contribution is -0.119. The van der Waals surface area contributed by atoms with E-state index in [4.69, 9.17) is 16.1 Å². The molecule has 3 aromatic heterocycles. The molecule has 196 valence electrons. The van der Waals surface area contributed by atoms with Crippen molar-refractivity contribution in [2.45, 2.75) is 64.5 Å². The van der Waals surface area contributed by atoms with Gasteiger partial charge in [0.15, 0.2) is 0 Å². The lowest BCUT2D eigenvalue weighted by Crippen LogP contribution is -2.50. The third-order valence-corrected chi connectivity index (χ3v) is 7.36. The van der Waals surface area contributed by atoms with Gasteiger partial charge in [-0.25, -0.2) is 5.10 Å². The summed E-state index contributed by atoms with van der Waals surface area (Å²) in [5, 5.41) is 20.3. The largest absolute Gasteiger partial charge is 0.339 e. The monoisotopic (exact) mass is 527 g/mol. The molecular formula is C25H30ClN7O4. The van der Waals surface area contributed by atoms with Gasteiger partial charge in [-0.3, -0.25) is 24.4 Å². The number of aromatic amines is 1. The van der Waals surface area contributed by atoms with Crippen LogP contribution in [0.25, 0.3) is 0 Å². The lowest BCUT2D eigenvalue weighted by atomic mass is 9.88. The van der Waals surface area contributed by atoms with Gasteiger partial charge in [0.05, 0.1) is 5.69 Å². The molecule has 11 nitrogen and oxygen atoms in total. The van der Waals surface area contributed by atoms with Crippen molar-refractivity contribution in [1.82, 2.24) is 30.5 Å². The molecule has 0 aliphatic heterocycles. The minimum atomic E-state index is -0.726. The summed E-state index contributed by atoms with van der Waals surface area (Å²) >= 11 is 5.93. The first kappa shape index (κ1) is 25.2. The number of nitrogens with zero attached hydrogens (tertiary/aromatic N) is 4. The van der Waals surface area contributed by atoms with Crippen LogP contribution < -0.4 is 16.2 Å². The third-order valence-electron chi connectivity index (χ3n) is 7.16. The molecule has 3 N–H and O–H groups in total. The molecule has 0 radical (unpaired) electrons. The summed E-state index contributed by atoms with van der Waals surface area (Å²) in [7, 11) is 0. The van der Waals surface area contributed by atoms with Crippen molar-refractivity contribution in [3.63, 3.8) is 0 Å². The minimum absolute atomic E-state index is 0.00260. The van der Waals surface area contributed by atoms with Gasteiger partial charge in [0.2, 0.25) is 11.8 Å². The number of hydrogen-bond acceptors (Lipinski definition) is 7. The molecule has 2 unspecified atom stereocenters. The molecule has 3 aromatic rings.